The molecule has 0 aliphatic carbocycles. The number of aliphatic imine (C=N–C) groups is 1. The SMILES string of the molecule is CN1C(=O)NC(=O)[C@H](C=NCCN2CCCCC2)C1=O. The number of amides is 4. The Labute approximate surface area is 118 Å². The van der Waals surface area contributed by atoms with Crippen molar-refractivity contribution in [1.29, 1.82) is 0 Å². The van der Waals surface area contributed by atoms with Gasteiger partial charge in [0.15, 0.2) is 5.92 Å². The van der Waals surface area contributed by atoms with Crippen molar-refractivity contribution in [2.45, 2.75) is 19.3 Å². The van der Waals surface area contributed by atoms with Crippen LogP contribution in [0.15, 0.2) is 4.99 Å². The first-order chi connectivity index (χ1) is 9.59. The van der Waals surface area contributed by atoms with Crippen LogP contribution in [0.1, 0.15) is 19.3 Å². The second-order valence-electron chi connectivity index (χ2n) is 5.13. The number of barbiturate groups is 1. The third-order valence-corrected chi connectivity index (χ3v) is 3.66. The van der Waals surface area contributed by atoms with E-state index in [-0.39, 0.29) is 0 Å². The largest absolute Gasteiger partial charge is 0.330 e. The van der Waals surface area contributed by atoms with Gasteiger partial charge in [0.1, 0.15) is 0 Å². The van der Waals surface area contributed by atoms with Crippen molar-refractivity contribution in [1.82, 2.24) is 15.1 Å². The number of hydrogen-bond acceptors (Lipinski definition) is 5. The van der Waals surface area contributed by atoms with Crippen molar-refractivity contribution >= 4 is 24.1 Å². The lowest BCUT2D eigenvalue weighted by Gasteiger charge is -2.26. The molecule has 0 aromatic rings. The minimum atomic E-state index is -0.987. The first kappa shape index (κ1) is 14.6. The molecule has 7 nitrogen and oxygen atoms in total. The molecule has 2 saturated heterocycles. The molecule has 0 aromatic heterocycles. The van der Waals surface area contributed by atoms with E-state index in [1.54, 1.807) is 0 Å². The molecular formula is C13H20N4O3. The summed E-state index contributed by atoms with van der Waals surface area (Å²) in [4.78, 5) is 42.0. The minimum absolute atomic E-state index is 0.527. The van der Waals surface area contributed by atoms with Gasteiger partial charge < -0.3 is 4.90 Å². The third-order valence-electron chi connectivity index (χ3n) is 3.66. The zero-order valence-electron chi connectivity index (χ0n) is 11.7. The fourth-order valence-corrected chi connectivity index (χ4v) is 2.38. The zero-order chi connectivity index (χ0) is 14.5. The molecule has 2 heterocycles. The standard InChI is InChI=1S/C13H20N4O3/c1-16-12(19)10(11(18)15-13(16)20)9-14-5-8-17-6-3-2-4-7-17/h9-10H,2-8H2,1H3,(H,15,18,20)/t10-/m0/s1. The van der Waals surface area contributed by atoms with Crippen LogP contribution in [-0.4, -0.2) is 67.1 Å². The Morgan fingerprint density at radius 3 is 2.65 bits per heavy atom. The Kier molecular flexibility index (Phi) is 4.84. The van der Waals surface area contributed by atoms with Crippen LogP contribution < -0.4 is 5.32 Å². The van der Waals surface area contributed by atoms with Crippen LogP contribution in [0.4, 0.5) is 4.79 Å². The highest BCUT2D eigenvalue weighted by molar-refractivity contribution is 6.23. The summed E-state index contributed by atoms with van der Waals surface area (Å²) in [5, 5.41) is 2.13. The molecule has 0 unspecified atom stereocenters. The lowest BCUT2D eigenvalue weighted by atomic mass is 10.1. The molecule has 110 valence electrons. The summed E-state index contributed by atoms with van der Waals surface area (Å²) >= 11 is 0. The van der Waals surface area contributed by atoms with Crippen LogP contribution in [0.2, 0.25) is 0 Å². The van der Waals surface area contributed by atoms with Gasteiger partial charge in [-0.3, -0.25) is 24.8 Å². The highest BCUT2D eigenvalue weighted by Gasteiger charge is 2.37. The summed E-state index contributed by atoms with van der Waals surface area (Å²) in [7, 11) is 1.35. The summed E-state index contributed by atoms with van der Waals surface area (Å²) in [6, 6.07) is -0.682. The van der Waals surface area contributed by atoms with E-state index in [1.807, 2.05) is 0 Å². The summed E-state index contributed by atoms with van der Waals surface area (Å²) in [6.45, 7) is 3.59. The summed E-state index contributed by atoms with van der Waals surface area (Å²) in [5.41, 5.74) is 0. The number of nitrogens with one attached hydrogen (secondary N) is 1. The summed E-state index contributed by atoms with van der Waals surface area (Å²) < 4.78 is 0. The Morgan fingerprint density at radius 1 is 1.25 bits per heavy atom. The Hall–Kier alpha value is -1.76. The van der Waals surface area contributed by atoms with E-state index < -0.39 is 23.8 Å². The summed E-state index contributed by atoms with van der Waals surface area (Å²) in [5.74, 6) is -2.11. The molecule has 2 rings (SSSR count). The number of rotatable bonds is 4. The molecule has 2 aliphatic heterocycles. The average molecular weight is 280 g/mol. The molecule has 20 heavy (non-hydrogen) atoms. The lowest BCUT2D eigenvalue weighted by Crippen LogP contribution is -2.56. The topological polar surface area (TPSA) is 82.1 Å². The molecule has 0 aromatic carbocycles. The molecule has 0 spiro atoms. The number of nitrogens with zero attached hydrogens (tertiary/aromatic N) is 3. The quantitative estimate of drug-likeness (QED) is 0.574. The Bertz CT molecular complexity index is 429. The van der Waals surface area contributed by atoms with Gasteiger partial charge in [-0.2, -0.15) is 0 Å². The Balaban J connectivity index is 1.82. The monoisotopic (exact) mass is 280 g/mol. The molecular weight excluding hydrogens is 260 g/mol. The van der Waals surface area contributed by atoms with Gasteiger partial charge in [-0.1, -0.05) is 6.42 Å². The third kappa shape index (κ3) is 3.41. The summed E-state index contributed by atoms with van der Waals surface area (Å²) in [6.07, 6.45) is 5.09. The predicted octanol–water partition coefficient (Wildman–Crippen LogP) is -0.133. The molecule has 4 amide bonds. The van der Waals surface area contributed by atoms with E-state index in [0.717, 1.165) is 24.5 Å². The normalized spacial score (nSPS) is 25.4. The van der Waals surface area contributed by atoms with Crippen molar-refractivity contribution in [3.63, 3.8) is 0 Å². The number of piperidine rings is 1. The van der Waals surface area contributed by atoms with Gasteiger partial charge in [0.05, 0.1) is 6.54 Å². The average Bonchev–Trinajstić information content (AvgIpc) is 2.45. The van der Waals surface area contributed by atoms with Crippen LogP contribution in [0.25, 0.3) is 0 Å². The molecule has 2 aliphatic rings. The molecule has 0 radical (unpaired) electrons. The van der Waals surface area contributed by atoms with Crippen LogP contribution in [0.5, 0.6) is 0 Å². The zero-order valence-corrected chi connectivity index (χ0v) is 11.7. The number of carbonyl (C=O) groups is 3. The number of imide groups is 2. The van der Waals surface area contributed by atoms with Crippen LogP contribution >= 0.6 is 0 Å². The Morgan fingerprint density at radius 2 is 1.95 bits per heavy atom. The van der Waals surface area contributed by atoms with Crippen LogP contribution in [-0.2, 0) is 9.59 Å². The fourth-order valence-electron chi connectivity index (χ4n) is 2.38. The van der Waals surface area contributed by atoms with Crippen molar-refractivity contribution in [2.75, 3.05) is 33.2 Å². The number of carbonyl (C=O) groups excluding carboxylic acids is 3. The molecule has 1 atom stereocenters. The molecule has 7 heteroatoms. The maximum atomic E-state index is 11.8. The van der Waals surface area contributed by atoms with Gasteiger partial charge in [0.2, 0.25) is 11.8 Å². The number of hydrogen-bond donors (Lipinski definition) is 1. The minimum Gasteiger partial charge on any atom is -0.302 e. The van der Waals surface area contributed by atoms with E-state index in [4.69, 9.17) is 0 Å². The van der Waals surface area contributed by atoms with Crippen LogP contribution in [0, 0.1) is 5.92 Å². The van der Waals surface area contributed by atoms with Gasteiger partial charge in [-0.15, -0.1) is 0 Å². The molecule has 0 saturated carbocycles. The number of likely N-dealkylation sites (tertiary alicyclic amines) is 1. The first-order valence-corrected chi connectivity index (χ1v) is 6.94. The second-order valence-corrected chi connectivity index (χ2v) is 5.13. The number of urea groups is 1. The molecule has 2 fully saturated rings. The molecule has 0 bridgehead atoms. The maximum Gasteiger partial charge on any atom is 0.330 e. The first-order valence-electron chi connectivity index (χ1n) is 6.94. The lowest BCUT2D eigenvalue weighted by molar-refractivity contribution is -0.138. The fraction of sp³-hybridized carbons (Fsp3) is 0.692. The van der Waals surface area contributed by atoms with Crippen molar-refractivity contribution in [3.05, 3.63) is 0 Å². The smallest absolute Gasteiger partial charge is 0.302 e. The molecule has 1 N–H and O–H groups in total. The maximum absolute atomic E-state index is 11.8. The van der Waals surface area contributed by atoms with Gasteiger partial charge in [-0.05, 0) is 25.9 Å². The van der Waals surface area contributed by atoms with Gasteiger partial charge >= 0.3 is 6.03 Å². The van der Waals surface area contributed by atoms with Crippen LogP contribution in [0.3, 0.4) is 0 Å². The predicted molar refractivity (Wildman–Crippen MR) is 73.4 cm³/mol. The van der Waals surface area contributed by atoms with Gasteiger partial charge in [-0.25, -0.2) is 4.79 Å². The van der Waals surface area contributed by atoms with Crippen molar-refractivity contribution < 1.29 is 14.4 Å². The van der Waals surface area contributed by atoms with E-state index >= 15 is 0 Å². The highest BCUT2D eigenvalue weighted by Crippen LogP contribution is 2.08. The van der Waals surface area contributed by atoms with E-state index in [9.17, 15) is 14.4 Å². The van der Waals surface area contributed by atoms with Crippen molar-refractivity contribution in [2.24, 2.45) is 10.9 Å². The van der Waals surface area contributed by atoms with Gasteiger partial charge in [0, 0.05) is 19.8 Å². The van der Waals surface area contributed by atoms with E-state index in [0.29, 0.717) is 6.54 Å². The highest BCUT2D eigenvalue weighted by atomic mass is 16.2. The van der Waals surface area contributed by atoms with Gasteiger partial charge in [0.25, 0.3) is 0 Å². The van der Waals surface area contributed by atoms with E-state index in [2.05, 4.69) is 15.2 Å². The van der Waals surface area contributed by atoms with Crippen molar-refractivity contribution in [3.8, 4) is 0 Å². The van der Waals surface area contributed by atoms with E-state index in [1.165, 1.54) is 32.5 Å². The second kappa shape index (κ2) is 6.60.